The van der Waals surface area contributed by atoms with E-state index < -0.39 is 5.69 Å². The van der Waals surface area contributed by atoms with E-state index in [2.05, 4.69) is 16.9 Å². The van der Waals surface area contributed by atoms with Crippen molar-refractivity contribution in [2.75, 3.05) is 20.1 Å². The summed E-state index contributed by atoms with van der Waals surface area (Å²) in [5.74, 6) is 0.600. The van der Waals surface area contributed by atoms with E-state index in [1.54, 1.807) is 0 Å². The summed E-state index contributed by atoms with van der Waals surface area (Å²) in [6.45, 7) is 2.66. The molecule has 1 saturated heterocycles. The van der Waals surface area contributed by atoms with Gasteiger partial charge in [-0.1, -0.05) is 11.6 Å². The Kier molecular flexibility index (Phi) is 4.24. The first-order valence-corrected chi connectivity index (χ1v) is 6.62. The van der Waals surface area contributed by atoms with Crippen LogP contribution in [-0.2, 0) is 6.54 Å². The van der Waals surface area contributed by atoms with E-state index in [1.807, 2.05) is 0 Å². The number of likely N-dealkylation sites (tertiary alicyclic amines) is 1. The zero-order chi connectivity index (χ0) is 13.1. The van der Waals surface area contributed by atoms with Gasteiger partial charge in [0.2, 0.25) is 0 Å². The molecule has 1 aromatic rings. The molecule has 0 aliphatic carbocycles. The fraction of sp³-hybridized carbons (Fsp3) is 0.667. The molecule has 6 heteroatoms. The highest BCUT2D eigenvalue weighted by Crippen LogP contribution is 2.19. The van der Waals surface area contributed by atoms with Gasteiger partial charge in [-0.2, -0.15) is 0 Å². The van der Waals surface area contributed by atoms with Gasteiger partial charge in [0.1, 0.15) is 5.15 Å². The van der Waals surface area contributed by atoms with Crippen molar-refractivity contribution in [1.82, 2.24) is 14.5 Å². The maximum Gasteiger partial charge on any atom is 0.329 e. The maximum absolute atomic E-state index is 11.6. The number of rotatable bonds is 3. The maximum atomic E-state index is 11.6. The molecule has 0 unspecified atom stereocenters. The van der Waals surface area contributed by atoms with Crippen LogP contribution in [0.3, 0.4) is 0 Å². The SMILES string of the molecule is CN1CCC(CCn2c(=O)cc(Cl)[nH]c2=O)CC1. The molecule has 18 heavy (non-hydrogen) atoms. The monoisotopic (exact) mass is 271 g/mol. The highest BCUT2D eigenvalue weighted by atomic mass is 35.5. The standard InChI is InChI=1S/C12H18ClN3O2/c1-15-5-2-9(3-6-15)4-7-16-11(17)8-10(13)14-12(16)18/h8-9H,2-7H2,1H3,(H,14,18). The lowest BCUT2D eigenvalue weighted by Crippen LogP contribution is -2.36. The minimum absolute atomic E-state index is 0.0977. The lowest BCUT2D eigenvalue weighted by atomic mass is 9.94. The van der Waals surface area contributed by atoms with E-state index in [4.69, 9.17) is 11.6 Å². The van der Waals surface area contributed by atoms with E-state index in [0.29, 0.717) is 12.5 Å². The van der Waals surface area contributed by atoms with Gasteiger partial charge in [0.25, 0.3) is 5.56 Å². The summed E-state index contributed by atoms with van der Waals surface area (Å²) >= 11 is 5.61. The minimum Gasteiger partial charge on any atom is -0.306 e. The van der Waals surface area contributed by atoms with Gasteiger partial charge < -0.3 is 4.90 Å². The summed E-state index contributed by atoms with van der Waals surface area (Å²) in [4.78, 5) is 28.0. The normalized spacial score (nSPS) is 18.1. The Morgan fingerprint density at radius 1 is 1.39 bits per heavy atom. The lowest BCUT2D eigenvalue weighted by Gasteiger charge is -2.28. The molecule has 5 nitrogen and oxygen atoms in total. The van der Waals surface area contributed by atoms with Crippen molar-refractivity contribution in [1.29, 1.82) is 0 Å². The Balaban J connectivity index is 1.99. The third kappa shape index (κ3) is 3.23. The predicted octanol–water partition coefficient (Wildman–Crippen LogP) is 0.922. The number of aromatic amines is 1. The number of hydrogen-bond donors (Lipinski definition) is 1. The highest BCUT2D eigenvalue weighted by molar-refractivity contribution is 6.29. The first kappa shape index (κ1) is 13.4. The summed E-state index contributed by atoms with van der Waals surface area (Å²) < 4.78 is 1.23. The van der Waals surface area contributed by atoms with Crippen LogP contribution in [-0.4, -0.2) is 34.6 Å². The average molecular weight is 272 g/mol. The van der Waals surface area contributed by atoms with E-state index in [9.17, 15) is 9.59 Å². The van der Waals surface area contributed by atoms with Crippen molar-refractivity contribution in [2.45, 2.75) is 25.8 Å². The van der Waals surface area contributed by atoms with Crippen LogP contribution >= 0.6 is 11.6 Å². The van der Waals surface area contributed by atoms with Crippen LogP contribution in [0.1, 0.15) is 19.3 Å². The molecule has 100 valence electrons. The Morgan fingerprint density at radius 2 is 2.06 bits per heavy atom. The van der Waals surface area contributed by atoms with Crippen LogP contribution in [0.5, 0.6) is 0 Å². The number of aromatic nitrogens is 2. The predicted molar refractivity (Wildman–Crippen MR) is 71.2 cm³/mol. The van der Waals surface area contributed by atoms with E-state index in [-0.39, 0.29) is 10.7 Å². The van der Waals surface area contributed by atoms with Crippen molar-refractivity contribution in [2.24, 2.45) is 5.92 Å². The quantitative estimate of drug-likeness (QED) is 0.832. The van der Waals surface area contributed by atoms with Crippen molar-refractivity contribution >= 4 is 11.6 Å². The Labute approximate surface area is 110 Å². The van der Waals surface area contributed by atoms with Gasteiger partial charge in [-0.25, -0.2) is 4.79 Å². The van der Waals surface area contributed by atoms with Crippen molar-refractivity contribution in [3.8, 4) is 0 Å². The second-order valence-electron chi connectivity index (χ2n) is 4.95. The molecule has 0 spiro atoms. The fourth-order valence-corrected chi connectivity index (χ4v) is 2.54. The van der Waals surface area contributed by atoms with Gasteiger partial charge >= 0.3 is 5.69 Å². The van der Waals surface area contributed by atoms with Crippen molar-refractivity contribution < 1.29 is 0 Å². The average Bonchev–Trinajstić information content (AvgIpc) is 2.30. The molecule has 2 rings (SSSR count). The summed E-state index contributed by atoms with van der Waals surface area (Å²) in [7, 11) is 2.12. The smallest absolute Gasteiger partial charge is 0.306 e. The molecular weight excluding hydrogens is 254 g/mol. The van der Waals surface area contributed by atoms with Crippen LogP contribution in [0.2, 0.25) is 5.15 Å². The van der Waals surface area contributed by atoms with E-state index >= 15 is 0 Å². The van der Waals surface area contributed by atoms with Crippen LogP contribution in [0.15, 0.2) is 15.7 Å². The number of H-pyrrole nitrogens is 1. The Morgan fingerprint density at radius 3 is 2.67 bits per heavy atom. The van der Waals surface area contributed by atoms with Crippen LogP contribution in [0.25, 0.3) is 0 Å². The van der Waals surface area contributed by atoms with E-state index in [1.165, 1.54) is 10.6 Å². The van der Waals surface area contributed by atoms with Gasteiger partial charge in [-0.05, 0) is 45.3 Å². The minimum atomic E-state index is -0.416. The van der Waals surface area contributed by atoms with E-state index in [0.717, 1.165) is 32.4 Å². The zero-order valence-corrected chi connectivity index (χ0v) is 11.2. The van der Waals surface area contributed by atoms with Gasteiger partial charge in [-0.3, -0.25) is 14.3 Å². The third-order valence-electron chi connectivity index (χ3n) is 3.59. The summed E-state index contributed by atoms with van der Waals surface area (Å²) in [6.07, 6.45) is 3.14. The number of hydrogen-bond acceptors (Lipinski definition) is 3. The molecule has 1 N–H and O–H groups in total. The molecule has 0 amide bonds. The largest absolute Gasteiger partial charge is 0.329 e. The number of halogens is 1. The van der Waals surface area contributed by atoms with Crippen LogP contribution in [0.4, 0.5) is 0 Å². The Bertz CT molecular complexity index is 484. The third-order valence-corrected chi connectivity index (χ3v) is 3.79. The summed E-state index contributed by atoms with van der Waals surface area (Å²) in [5.41, 5.74) is -0.739. The van der Waals surface area contributed by atoms with Crippen LogP contribution < -0.4 is 11.2 Å². The van der Waals surface area contributed by atoms with Gasteiger partial charge in [-0.15, -0.1) is 0 Å². The molecule has 1 aromatic heterocycles. The molecule has 1 aliphatic heterocycles. The first-order chi connectivity index (χ1) is 8.56. The molecular formula is C12H18ClN3O2. The topological polar surface area (TPSA) is 58.1 Å². The molecule has 1 fully saturated rings. The molecule has 1 aliphatic rings. The van der Waals surface area contributed by atoms with Gasteiger partial charge in [0, 0.05) is 12.6 Å². The Hall–Kier alpha value is -1.07. The molecule has 0 aromatic carbocycles. The van der Waals surface area contributed by atoms with Crippen LogP contribution in [0, 0.1) is 5.92 Å². The van der Waals surface area contributed by atoms with Gasteiger partial charge in [0.05, 0.1) is 0 Å². The fourth-order valence-electron chi connectivity index (χ4n) is 2.37. The molecule has 0 atom stereocenters. The second-order valence-corrected chi connectivity index (χ2v) is 5.35. The lowest BCUT2D eigenvalue weighted by molar-refractivity contribution is 0.207. The molecule has 2 heterocycles. The summed E-state index contributed by atoms with van der Waals surface area (Å²) in [5, 5.41) is 0.0977. The number of nitrogens with one attached hydrogen (secondary N) is 1. The molecule has 0 bridgehead atoms. The number of nitrogens with zero attached hydrogens (tertiary/aromatic N) is 2. The first-order valence-electron chi connectivity index (χ1n) is 6.24. The zero-order valence-electron chi connectivity index (χ0n) is 10.5. The van der Waals surface area contributed by atoms with Gasteiger partial charge in [0.15, 0.2) is 0 Å². The number of piperidine rings is 1. The van der Waals surface area contributed by atoms with Crippen molar-refractivity contribution in [3.05, 3.63) is 32.1 Å². The van der Waals surface area contributed by atoms with Crippen molar-refractivity contribution in [3.63, 3.8) is 0 Å². The molecule has 0 radical (unpaired) electrons. The second kappa shape index (κ2) is 5.71. The highest BCUT2D eigenvalue weighted by Gasteiger charge is 2.17. The molecule has 0 saturated carbocycles. The summed E-state index contributed by atoms with van der Waals surface area (Å²) in [6, 6.07) is 1.25.